The summed E-state index contributed by atoms with van der Waals surface area (Å²) in [5.74, 6) is 0.658. The molecule has 1 aromatic carbocycles. The smallest absolute Gasteiger partial charge is 0.411 e. The van der Waals surface area contributed by atoms with Gasteiger partial charge in [-0.25, -0.2) is 0 Å². The van der Waals surface area contributed by atoms with Crippen LogP contribution in [0.2, 0.25) is 0 Å². The predicted octanol–water partition coefficient (Wildman–Crippen LogP) is 3.40. The Morgan fingerprint density at radius 2 is 1.95 bits per heavy atom. The first-order valence-electron chi connectivity index (χ1n) is 6.35. The highest BCUT2D eigenvalue weighted by molar-refractivity contribution is 5.36. The van der Waals surface area contributed by atoms with Crippen molar-refractivity contribution in [3.8, 4) is 5.75 Å². The van der Waals surface area contributed by atoms with Crippen molar-refractivity contribution in [3.63, 3.8) is 0 Å². The van der Waals surface area contributed by atoms with Gasteiger partial charge >= 0.3 is 6.18 Å². The topological polar surface area (TPSA) is 38.7 Å². The van der Waals surface area contributed by atoms with E-state index >= 15 is 0 Å². The van der Waals surface area contributed by atoms with Crippen molar-refractivity contribution in [1.29, 1.82) is 0 Å². The Balaban J connectivity index is 2.29. The summed E-state index contributed by atoms with van der Waals surface area (Å²) in [4.78, 5) is 0. The second kappa shape index (κ2) is 7.50. The average molecular weight is 292 g/mol. The summed E-state index contributed by atoms with van der Waals surface area (Å²) in [6.07, 6.45) is -4.44. The van der Waals surface area contributed by atoms with Gasteiger partial charge in [-0.3, -0.25) is 0 Å². The molecule has 0 aliphatic carbocycles. The van der Waals surface area contributed by atoms with Crippen molar-refractivity contribution in [2.45, 2.75) is 32.5 Å². The summed E-state index contributed by atoms with van der Waals surface area (Å²) >= 11 is 0. The molecule has 0 heterocycles. The molecule has 1 rings (SSSR count). The molecular formula is C14H19F3O3. The van der Waals surface area contributed by atoms with Crippen LogP contribution in [-0.2, 0) is 4.74 Å². The summed E-state index contributed by atoms with van der Waals surface area (Å²) in [5, 5.41) is 9.43. The monoisotopic (exact) mass is 292 g/mol. The third-order valence-corrected chi connectivity index (χ3v) is 2.64. The van der Waals surface area contributed by atoms with E-state index < -0.39 is 18.9 Å². The molecule has 0 aromatic heterocycles. The largest absolute Gasteiger partial charge is 0.493 e. The van der Waals surface area contributed by atoms with Crippen LogP contribution in [0.25, 0.3) is 0 Å². The summed E-state index contributed by atoms with van der Waals surface area (Å²) in [7, 11) is 0. The number of aliphatic hydroxyl groups is 1. The number of hydrogen-bond acceptors (Lipinski definition) is 3. The van der Waals surface area contributed by atoms with Gasteiger partial charge in [-0.15, -0.1) is 0 Å². The highest BCUT2D eigenvalue weighted by atomic mass is 19.4. The second-order valence-corrected chi connectivity index (χ2v) is 4.57. The highest BCUT2D eigenvalue weighted by Gasteiger charge is 2.27. The van der Waals surface area contributed by atoms with Crippen LogP contribution in [0.5, 0.6) is 5.75 Å². The zero-order valence-corrected chi connectivity index (χ0v) is 11.5. The van der Waals surface area contributed by atoms with E-state index in [9.17, 15) is 18.3 Å². The molecule has 114 valence electrons. The molecule has 0 bridgehead atoms. The van der Waals surface area contributed by atoms with Gasteiger partial charge in [0.1, 0.15) is 12.4 Å². The van der Waals surface area contributed by atoms with Crippen LogP contribution >= 0.6 is 0 Å². The Kier molecular flexibility index (Phi) is 6.29. The van der Waals surface area contributed by atoms with Crippen molar-refractivity contribution < 1.29 is 27.8 Å². The van der Waals surface area contributed by atoms with E-state index in [-0.39, 0.29) is 13.2 Å². The fourth-order valence-electron chi connectivity index (χ4n) is 1.63. The standard InChI is InChI=1S/C14H19F3O3/c1-10-8-12(11(2)18)4-5-13(10)20-7-3-6-19-9-14(15,16)17/h4-5,8,11,18H,3,6-7,9H2,1-2H3/t11-/m1/s1. The molecule has 3 nitrogen and oxygen atoms in total. The minimum Gasteiger partial charge on any atom is -0.493 e. The van der Waals surface area contributed by atoms with Crippen LogP contribution in [0, 0.1) is 6.92 Å². The predicted molar refractivity (Wildman–Crippen MR) is 68.8 cm³/mol. The lowest BCUT2D eigenvalue weighted by molar-refractivity contribution is -0.174. The van der Waals surface area contributed by atoms with E-state index in [4.69, 9.17) is 4.74 Å². The van der Waals surface area contributed by atoms with Gasteiger partial charge in [0.25, 0.3) is 0 Å². The van der Waals surface area contributed by atoms with Crippen LogP contribution in [0.3, 0.4) is 0 Å². The van der Waals surface area contributed by atoms with E-state index in [1.165, 1.54) is 0 Å². The van der Waals surface area contributed by atoms with Crippen LogP contribution < -0.4 is 4.74 Å². The number of aryl methyl sites for hydroxylation is 1. The molecule has 0 aliphatic rings. The van der Waals surface area contributed by atoms with Crippen molar-refractivity contribution in [2.75, 3.05) is 19.8 Å². The fraction of sp³-hybridized carbons (Fsp3) is 0.571. The van der Waals surface area contributed by atoms with Gasteiger partial charge in [-0.05, 0) is 37.1 Å². The van der Waals surface area contributed by atoms with E-state index in [1.54, 1.807) is 19.1 Å². The molecule has 0 unspecified atom stereocenters. The third-order valence-electron chi connectivity index (χ3n) is 2.64. The van der Waals surface area contributed by atoms with Gasteiger partial charge in [0, 0.05) is 6.42 Å². The molecule has 0 aliphatic heterocycles. The van der Waals surface area contributed by atoms with E-state index in [0.29, 0.717) is 12.2 Å². The van der Waals surface area contributed by atoms with E-state index in [2.05, 4.69) is 4.74 Å². The number of halogens is 3. The Hall–Kier alpha value is -1.27. The Morgan fingerprint density at radius 1 is 1.25 bits per heavy atom. The van der Waals surface area contributed by atoms with Crippen LogP contribution in [-0.4, -0.2) is 31.1 Å². The maximum absolute atomic E-state index is 11.8. The lowest BCUT2D eigenvalue weighted by Crippen LogP contribution is -2.18. The lowest BCUT2D eigenvalue weighted by atomic mass is 10.1. The molecule has 20 heavy (non-hydrogen) atoms. The maximum atomic E-state index is 11.8. The van der Waals surface area contributed by atoms with Crippen molar-refractivity contribution in [1.82, 2.24) is 0 Å². The normalized spacial score (nSPS) is 13.3. The first-order chi connectivity index (χ1) is 9.29. The highest BCUT2D eigenvalue weighted by Crippen LogP contribution is 2.22. The van der Waals surface area contributed by atoms with Gasteiger partial charge in [0.05, 0.1) is 19.3 Å². The van der Waals surface area contributed by atoms with Crippen molar-refractivity contribution in [2.24, 2.45) is 0 Å². The zero-order chi connectivity index (χ0) is 15.2. The number of rotatable bonds is 7. The Morgan fingerprint density at radius 3 is 2.50 bits per heavy atom. The Labute approximate surface area is 116 Å². The number of alkyl halides is 3. The number of aliphatic hydroxyl groups excluding tert-OH is 1. The molecular weight excluding hydrogens is 273 g/mol. The van der Waals surface area contributed by atoms with Gasteiger partial charge < -0.3 is 14.6 Å². The zero-order valence-electron chi connectivity index (χ0n) is 11.5. The quantitative estimate of drug-likeness (QED) is 0.783. The van der Waals surface area contributed by atoms with Crippen molar-refractivity contribution >= 4 is 0 Å². The first kappa shape index (κ1) is 16.8. The number of hydrogen-bond donors (Lipinski definition) is 1. The molecule has 0 amide bonds. The maximum Gasteiger partial charge on any atom is 0.411 e. The van der Waals surface area contributed by atoms with Gasteiger partial charge in [-0.1, -0.05) is 6.07 Å². The molecule has 0 radical (unpaired) electrons. The first-order valence-corrected chi connectivity index (χ1v) is 6.35. The van der Waals surface area contributed by atoms with Gasteiger partial charge in [-0.2, -0.15) is 13.2 Å². The molecule has 1 aromatic rings. The van der Waals surface area contributed by atoms with Crippen molar-refractivity contribution in [3.05, 3.63) is 29.3 Å². The Bertz CT molecular complexity index is 417. The molecule has 6 heteroatoms. The average Bonchev–Trinajstić information content (AvgIpc) is 2.33. The molecule has 0 spiro atoms. The number of ether oxygens (including phenoxy) is 2. The second-order valence-electron chi connectivity index (χ2n) is 4.57. The van der Waals surface area contributed by atoms with Gasteiger partial charge in [0.15, 0.2) is 0 Å². The van der Waals surface area contributed by atoms with Crippen LogP contribution in [0.1, 0.15) is 30.6 Å². The summed E-state index contributed by atoms with van der Waals surface area (Å²) < 4.78 is 45.4. The molecule has 1 atom stereocenters. The third kappa shape index (κ3) is 6.25. The fourth-order valence-corrected chi connectivity index (χ4v) is 1.63. The lowest BCUT2D eigenvalue weighted by Gasteiger charge is -2.12. The molecule has 0 saturated heterocycles. The van der Waals surface area contributed by atoms with E-state index in [1.807, 2.05) is 13.0 Å². The summed E-state index contributed by atoms with van der Waals surface area (Å²) in [6.45, 7) is 2.58. The SMILES string of the molecule is Cc1cc([C@@H](C)O)ccc1OCCCOCC(F)(F)F. The molecule has 0 saturated carbocycles. The van der Waals surface area contributed by atoms with Gasteiger partial charge in [0.2, 0.25) is 0 Å². The number of benzene rings is 1. The summed E-state index contributed by atoms with van der Waals surface area (Å²) in [5.41, 5.74) is 1.67. The minimum atomic E-state index is -4.28. The van der Waals surface area contributed by atoms with E-state index in [0.717, 1.165) is 11.1 Å². The molecule has 1 N–H and O–H groups in total. The molecule has 0 fully saturated rings. The van der Waals surface area contributed by atoms with Crippen LogP contribution in [0.15, 0.2) is 18.2 Å². The minimum absolute atomic E-state index is 0.00428. The summed E-state index contributed by atoms with van der Waals surface area (Å²) in [6, 6.07) is 5.32. The van der Waals surface area contributed by atoms with Crippen LogP contribution in [0.4, 0.5) is 13.2 Å².